The van der Waals surface area contributed by atoms with Gasteiger partial charge < -0.3 is 19.3 Å². The van der Waals surface area contributed by atoms with Gasteiger partial charge in [0.1, 0.15) is 0 Å². The molecule has 0 N–H and O–H groups in total. The summed E-state index contributed by atoms with van der Waals surface area (Å²) in [5.74, 6) is -109. The van der Waals surface area contributed by atoms with Gasteiger partial charge >= 0.3 is 83.0 Å². The van der Waals surface area contributed by atoms with Crippen LogP contribution in [0.1, 0.15) is 0 Å². The molecule has 0 rings (SSSR count). The van der Waals surface area contributed by atoms with Crippen molar-refractivity contribution >= 4 is 23.8 Å². The van der Waals surface area contributed by atoms with Gasteiger partial charge in [0.25, 0.3) is 11.8 Å². The maximum atomic E-state index is 14.2. The van der Waals surface area contributed by atoms with Crippen molar-refractivity contribution in [3.8, 4) is 0 Å². The lowest BCUT2D eigenvalue weighted by molar-refractivity contribution is -0.428. The normalized spacial score (nSPS) is 14.4. The van der Waals surface area contributed by atoms with Crippen LogP contribution in [0.3, 0.4) is 0 Å². The van der Waals surface area contributed by atoms with Crippen LogP contribution >= 0.6 is 0 Å². The highest BCUT2D eigenvalue weighted by Crippen LogP contribution is 2.60. The van der Waals surface area contributed by atoms with Crippen LogP contribution in [-0.2, 0) is 28.7 Å². The van der Waals surface area contributed by atoms with E-state index in [0.29, 0.717) is 24.3 Å². The topological polar surface area (TPSA) is 93.2 Å². The van der Waals surface area contributed by atoms with Crippen LogP contribution in [0.5, 0.6) is 0 Å². The summed E-state index contributed by atoms with van der Waals surface area (Å²) in [6.45, 7) is -2.06. The lowest BCUT2D eigenvalue weighted by Gasteiger charge is -2.41. The molecule has 0 spiro atoms. The van der Waals surface area contributed by atoms with Gasteiger partial charge in [-0.1, -0.05) is 24.3 Å². The van der Waals surface area contributed by atoms with Crippen LogP contribution < -0.4 is 0 Å². The summed E-state index contributed by atoms with van der Waals surface area (Å²) in [5, 5.41) is 0. The zero-order chi connectivity index (χ0) is 49.9. The van der Waals surface area contributed by atoms with E-state index < -0.39 is 144 Å². The molecule has 0 radical (unpaired) electrons. The van der Waals surface area contributed by atoms with Crippen molar-refractivity contribution in [2.24, 2.45) is 0 Å². The summed E-state index contributed by atoms with van der Waals surface area (Å²) in [4.78, 5) is 45.7. The molecule has 0 bridgehead atoms. The first-order valence-electron chi connectivity index (χ1n) is 15.3. The first-order valence-corrected chi connectivity index (χ1v) is 15.3. The monoisotopic (exact) mass is 964 g/mol. The number of carbonyl (C=O) groups is 4. The smallest absolute Gasteiger partial charge is 0.411 e. The highest BCUT2D eigenvalue weighted by Gasteiger charge is 2.91. The quantitative estimate of drug-likeness (QED) is 0.0522. The molecule has 0 fully saturated rings. The highest BCUT2D eigenvalue weighted by atomic mass is 19.4. The van der Waals surface area contributed by atoms with Crippen molar-refractivity contribution in [3.05, 3.63) is 50.6 Å². The Morgan fingerprint density at radius 3 is 0.758 bits per heavy atom. The summed E-state index contributed by atoms with van der Waals surface area (Å²) in [6, 6.07) is 0. The SMILES string of the molecule is C=CCN(CC=C)C(=O)C(F)(F)C(F)(F)C(F)(F)C(=O)OCC(F)(F)C(F)(F)C(F)(F)C(F)(F)C(F)(F)C(F)(F)COC(=O)C(F)(F)C(F)(F)C(F)(F)C(=O)N(CC=C)CC=C. The van der Waals surface area contributed by atoms with Gasteiger partial charge in [-0.05, 0) is 0 Å². The largest absolute Gasteiger partial charge is 0.454 e. The third-order valence-electron chi connectivity index (χ3n) is 7.47. The van der Waals surface area contributed by atoms with Gasteiger partial charge in [-0.25, -0.2) is 9.59 Å². The summed E-state index contributed by atoms with van der Waals surface area (Å²) >= 11 is 0. The summed E-state index contributed by atoms with van der Waals surface area (Å²) in [7, 11) is 0. The number of ether oxygens (including phenoxy) is 2. The van der Waals surface area contributed by atoms with Crippen LogP contribution in [0.4, 0.5) is 105 Å². The Hall–Kier alpha value is -4.84. The number of carbonyl (C=O) groups excluding carboxylic acids is 4. The second kappa shape index (κ2) is 18.1. The predicted molar refractivity (Wildman–Crippen MR) is 155 cm³/mol. The molecule has 32 heteroatoms. The van der Waals surface area contributed by atoms with Gasteiger partial charge in [0, 0.05) is 26.2 Å². The summed E-state index contributed by atoms with van der Waals surface area (Å²) < 4.78 is 345. The van der Waals surface area contributed by atoms with Crippen LogP contribution in [-0.4, -0.2) is 144 Å². The average molecular weight is 964 g/mol. The summed E-state index contributed by atoms with van der Waals surface area (Å²) in [6.07, 6.45) is 2.02. The predicted octanol–water partition coefficient (Wildman–Crippen LogP) is 8.10. The number of amides is 2. The van der Waals surface area contributed by atoms with Gasteiger partial charge in [-0.15, -0.1) is 26.3 Å². The number of halogens is 24. The Balaban J connectivity index is 6.63. The zero-order valence-corrected chi connectivity index (χ0v) is 29.8. The average Bonchev–Trinajstić information content (AvgIpc) is 3.14. The van der Waals surface area contributed by atoms with Crippen molar-refractivity contribution in [1.29, 1.82) is 0 Å². The van der Waals surface area contributed by atoms with E-state index in [4.69, 9.17) is 0 Å². The zero-order valence-electron chi connectivity index (χ0n) is 29.8. The van der Waals surface area contributed by atoms with Crippen molar-refractivity contribution in [2.45, 2.75) is 71.1 Å². The van der Waals surface area contributed by atoms with Crippen LogP contribution in [0.15, 0.2) is 50.6 Å². The Labute approximate surface area is 329 Å². The number of hydrogen-bond donors (Lipinski definition) is 0. The molecule has 0 atom stereocenters. The second-order valence-corrected chi connectivity index (χ2v) is 11.9. The minimum Gasteiger partial charge on any atom is -0.454 e. The first-order chi connectivity index (χ1) is 27.4. The molecule has 0 saturated heterocycles. The molecular formula is C30H24F24N2O6. The standard InChI is InChI=1S/C30H24F24N2O6/c1-5-9-55(10-6-2)15(57)21(35,36)27(47,48)23(39,40)17(59)61-13-19(31,32)25(43,44)29(51,52)30(53,54)26(45,46)20(33,34)14-62-18(60)24(41,42)28(49,50)22(37,38)16(58)56(11-7-3)12-8-4/h5-8H,1-4,9-14H2. The van der Waals surface area contributed by atoms with Crippen molar-refractivity contribution in [3.63, 3.8) is 0 Å². The second-order valence-electron chi connectivity index (χ2n) is 11.9. The maximum Gasteiger partial charge on any atom is 0.411 e. The molecule has 0 aliphatic heterocycles. The van der Waals surface area contributed by atoms with Gasteiger partial charge in [-0.2, -0.15) is 105 Å². The molecule has 2 amide bonds. The van der Waals surface area contributed by atoms with E-state index in [9.17, 15) is 125 Å². The van der Waals surface area contributed by atoms with E-state index >= 15 is 0 Å². The molecule has 0 aliphatic carbocycles. The van der Waals surface area contributed by atoms with Crippen LogP contribution in [0.25, 0.3) is 0 Å². The van der Waals surface area contributed by atoms with E-state index in [1.165, 1.54) is 0 Å². The minimum absolute atomic E-state index is 0.431. The van der Waals surface area contributed by atoms with Gasteiger partial charge in [0.15, 0.2) is 13.2 Å². The molecule has 358 valence electrons. The molecular weight excluding hydrogens is 940 g/mol. The summed E-state index contributed by atoms with van der Waals surface area (Å²) in [5.41, 5.74) is 0. The highest BCUT2D eigenvalue weighted by molar-refractivity contribution is 5.89. The van der Waals surface area contributed by atoms with E-state index in [0.717, 1.165) is 0 Å². The molecule has 0 aromatic rings. The third kappa shape index (κ3) is 9.26. The fourth-order valence-corrected chi connectivity index (χ4v) is 3.95. The van der Waals surface area contributed by atoms with Crippen LogP contribution in [0, 0.1) is 0 Å². The third-order valence-corrected chi connectivity index (χ3v) is 7.47. The number of rotatable bonds is 25. The Morgan fingerprint density at radius 1 is 0.355 bits per heavy atom. The lowest BCUT2D eigenvalue weighted by atomic mass is 9.91. The lowest BCUT2D eigenvalue weighted by Crippen LogP contribution is -2.72. The van der Waals surface area contributed by atoms with Crippen molar-refractivity contribution in [2.75, 3.05) is 39.4 Å². The fraction of sp³-hybridized carbons (Fsp3) is 0.600. The number of alkyl halides is 24. The first kappa shape index (κ1) is 57.2. The Morgan fingerprint density at radius 2 is 0.565 bits per heavy atom. The molecule has 0 aliphatic rings. The minimum atomic E-state index is -8.85. The fourth-order valence-electron chi connectivity index (χ4n) is 3.95. The van der Waals surface area contributed by atoms with Gasteiger partial charge in [-0.3, -0.25) is 9.59 Å². The molecule has 0 heterocycles. The van der Waals surface area contributed by atoms with Gasteiger partial charge in [0.05, 0.1) is 0 Å². The van der Waals surface area contributed by atoms with Crippen LogP contribution in [0.2, 0.25) is 0 Å². The van der Waals surface area contributed by atoms with Crippen molar-refractivity contribution < 1.29 is 134 Å². The van der Waals surface area contributed by atoms with E-state index in [1.807, 2.05) is 0 Å². The number of nitrogens with zero attached hydrogens (tertiary/aromatic N) is 2. The Bertz CT molecular complexity index is 1570. The molecule has 0 aromatic heterocycles. The van der Waals surface area contributed by atoms with Gasteiger partial charge in [0.2, 0.25) is 0 Å². The van der Waals surface area contributed by atoms with E-state index in [1.54, 1.807) is 0 Å². The molecule has 0 unspecified atom stereocenters. The van der Waals surface area contributed by atoms with Crippen molar-refractivity contribution in [1.82, 2.24) is 9.80 Å². The van der Waals surface area contributed by atoms with E-state index in [2.05, 4.69) is 35.8 Å². The Kier molecular flexibility index (Phi) is 16.7. The molecule has 62 heavy (non-hydrogen) atoms. The number of esters is 2. The molecule has 8 nitrogen and oxygen atoms in total. The number of hydrogen-bond acceptors (Lipinski definition) is 6. The molecule has 0 saturated carbocycles. The maximum absolute atomic E-state index is 14.2. The molecule has 0 aromatic carbocycles. The van der Waals surface area contributed by atoms with E-state index in [-0.39, 0.29) is 0 Å².